The van der Waals surface area contributed by atoms with Crippen molar-refractivity contribution in [2.45, 2.75) is 23.8 Å². The van der Waals surface area contributed by atoms with Crippen LogP contribution in [0.3, 0.4) is 0 Å². The summed E-state index contributed by atoms with van der Waals surface area (Å²) in [6, 6.07) is 8.21. The Labute approximate surface area is 115 Å². The molecular weight excluding hydrogens is 300 g/mol. The van der Waals surface area contributed by atoms with Gasteiger partial charge in [0.15, 0.2) is 0 Å². The molecule has 0 saturated carbocycles. The smallest absolute Gasteiger partial charge is 0.0663 e. The molecule has 1 aliphatic rings. The summed E-state index contributed by atoms with van der Waals surface area (Å²) < 4.78 is 6.39. The minimum atomic E-state index is -0.215. The summed E-state index contributed by atoms with van der Waals surface area (Å²) in [7, 11) is 0. The zero-order valence-electron chi connectivity index (χ0n) is 9.64. The maximum atomic E-state index is 10.1. The molecule has 1 unspecified atom stereocenters. The first-order valence-electron chi connectivity index (χ1n) is 5.90. The van der Waals surface area contributed by atoms with Crippen LogP contribution in [0.5, 0.6) is 0 Å². The third-order valence-corrected chi connectivity index (χ3v) is 4.69. The summed E-state index contributed by atoms with van der Waals surface area (Å²) in [6.45, 7) is 1.59. The fourth-order valence-corrected chi connectivity index (χ4v) is 3.18. The van der Waals surface area contributed by atoms with Gasteiger partial charge in [0.05, 0.1) is 6.10 Å². The van der Waals surface area contributed by atoms with E-state index >= 15 is 0 Å². The summed E-state index contributed by atoms with van der Waals surface area (Å²) in [4.78, 5) is 1.21. The summed E-state index contributed by atoms with van der Waals surface area (Å²) >= 11 is 5.13. The van der Waals surface area contributed by atoms with E-state index in [-0.39, 0.29) is 6.10 Å². The van der Waals surface area contributed by atoms with Crippen LogP contribution in [0.1, 0.15) is 12.8 Å². The van der Waals surface area contributed by atoms with Crippen LogP contribution in [0.2, 0.25) is 0 Å². The van der Waals surface area contributed by atoms with Gasteiger partial charge >= 0.3 is 0 Å². The predicted molar refractivity (Wildman–Crippen MR) is 74.4 cm³/mol. The van der Waals surface area contributed by atoms with Crippen LogP contribution in [-0.2, 0) is 4.74 Å². The van der Waals surface area contributed by atoms with Crippen molar-refractivity contribution in [1.29, 1.82) is 0 Å². The second kappa shape index (κ2) is 6.78. The lowest BCUT2D eigenvalue weighted by Gasteiger charge is -2.26. The minimum absolute atomic E-state index is 0.215. The van der Waals surface area contributed by atoms with Crippen molar-refractivity contribution in [1.82, 2.24) is 0 Å². The Morgan fingerprint density at radius 2 is 1.94 bits per heavy atom. The lowest BCUT2D eigenvalue weighted by molar-refractivity contribution is 0.0169. The van der Waals surface area contributed by atoms with Gasteiger partial charge in [0.2, 0.25) is 0 Å². The highest BCUT2D eigenvalue weighted by Gasteiger charge is 2.21. The summed E-state index contributed by atoms with van der Waals surface area (Å²) in [5.74, 6) is 1.18. The quantitative estimate of drug-likeness (QED) is 0.864. The lowest BCUT2D eigenvalue weighted by Crippen LogP contribution is -2.28. The van der Waals surface area contributed by atoms with Gasteiger partial charge in [-0.15, -0.1) is 11.8 Å². The van der Waals surface area contributed by atoms with Crippen molar-refractivity contribution in [3.63, 3.8) is 0 Å². The largest absolute Gasteiger partial charge is 0.392 e. The molecule has 94 valence electrons. The van der Waals surface area contributed by atoms with E-state index < -0.39 is 0 Å². The normalized spacial score (nSPS) is 19.2. The maximum absolute atomic E-state index is 10.1. The predicted octanol–water partition coefficient (Wildman–Crippen LogP) is 3.33. The molecule has 1 atom stereocenters. The van der Waals surface area contributed by atoms with Gasteiger partial charge in [-0.3, -0.25) is 0 Å². The first kappa shape index (κ1) is 13.4. The Morgan fingerprint density at radius 1 is 1.29 bits per heavy atom. The van der Waals surface area contributed by atoms with Crippen LogP contribution in [0.15, 0.2) is 33.6 Å². The molecule has 0 bridgehead atoms. The molecule has 1 aromatic carbocycles. The molecule has 1 N–H and O–H groups in total. The topological polar surface area (TPSA) is 29.5 Å². The Bertz CT molecular complexity index is 336. The van der Waals surface area contributed by atoms with Gasteiger partial charge in [0.25, 0.3) is 0 Å². The summed E-state index contributed by atoms with van der Waals surface area (Å²) in [6.07, 6.45) is 1.76. The lowest BCUT2D eigenvalue weighted by atomic mass is 9.95. The molecule has 1 heterocycles. The van der Waals surface area contributed by atoms with Crippen molar-refractivity contribution in [2.24, 2.45) is 5.92 Å². The molecule has 0 radical (unpaired) electrons. The molecule has 1 saturated heterocycles. The number of aliphatic hydroxyl groups excluding tert-OH is 1. The molecule has 0 amide bonds. The average molecular weight is 317 g/mol. The van der Waals surface area contributed by atoms with Gasteiger partial charge < -0.3 is 9.84 Å². The number of hydrogen-bond acceptors (Lipinski definition) is 3. The second-order valence-electron chi connectivity index (χ2n) is 4.28. The zero-order valence-corrected chi connectivity index (χ0v) is 12.0. The fourth-order valence-electron chi connectivity index (χ4n) is 1.95. The Morgan fingerprint density at radius 3 is 2.59 bits per heavy atom. The van der Waals surface area contributed by atoms with E-state index in [2.05, 4.69) is 28.1 Å². The molecule has 0 aromatic heterocycles. The van der Waals surface area contributed by atoms with Crippen LogP contribution in [-0.4, -0.2) is 30.2 Å². The molecule has 1 fully saturated rings. The third kappa shape index (κ3) is 4.28. The van der Waals surface area contributed by atoms with Crippen LogP contribution in [0.25, 0.3) is 0 Å². The molecule has 0 aliphatic carbocycles. The molecule has 0 spiro atoms. The number of aliphatic hydroxyl groups is 1. The van der Waals surface area contributed by atoms with Gasteiger partial charge in [-0.25, -0.2) is 0 Å². The molecule has 2 nitrogen and oxygen atoms in total. The van der Waals surface area contributed by atoms with E-state index in [0.717, 1.165) is 36.3 Å². The van der Waals surface area contributed by atoms with E-state index in [4.69, 9.17) is 4.74 Å². The van der Waals surface area contributed by atoms with Crippen molar-refractivity contribution in [2.75, 3.05) is 19.0 Å². The molecule has 1 aliphatic heterocycles. The first-order valence-corrected chi connectivity index (χ1v) is 7.68. The van der Waals surface area contributed by atoms with E-state index in [0.29, 0.717) is 5.92 Å². The summed E-state index contributed by atoms with van der Waals surface area (Å²) in [5, 5.41) is 10.1. The Hall–Kier alpha value is -0.0300. The standard InChI is InChI=1S/C13H17BrO2S/c14-11-1-3-12(4-2-11)17-9-13(15)10-5-7-16-8-6-10/h1-4,10,13,15H,5-9H2. The minimum Gasteiger partial charge on any atom is -0.392 e. The van der Waals surface area contributed by atoms with Crippen molar-refractivity contribution >= 4 is 27.7 Å². The highest BCUT2D eigenvalue weighted by molar-refractivity contribution is 9.10. The van der Waals surface area contributed by atoms with Crippen molar-refractivity contribution in [3.8, 4) is 0 Å². The zero-order chi connectivity index (χ0) is 12.1. The number of hydrogen-bond donors (Lipinski definition) is 1. The van der Waals surface area contributed by atoms with E-state index in [9.17, 15) is 5.11 Å². The number of benzene rings is 1. The van der Waals surface area contributed by atoms with Gasteiger partial charge in [-0.1, -0.05) is 15.9 Å². The van der Waals surface area contributed by atoms with Gasteiger partial charge in [0, 0.05) is 28.3 Å². The van der Waals surface area contributed by atoms with Crippen LogP contribution in [0.4, 0.5) is 0 Å². The van der Waals surface area contributed by atoms with Crippen molar-refractivity contribution < 1.29 is 9.84 Å². The number of ether oxygens (including phenoxy) is 1. The first-order chi connectivity index (χ1) is 8.25. The van der Waals surface area contributed by atoms with Gasteiger partial charge in [-0.2, -0.15) is 0 Å². The Kier molecular flexibility index (Phi) is 5.35. The average Bonchev–Trinajstić information content (AvgIpc) is 2.39. The highest BCUT2D eigenvalue weighted by Crippen LogP contribution is 2.26. The maximum Gasteiger partial charge on any atom is 0.0663 e. The molecule has 4 heteroatoms. The van der Waals surface area contributed by atoms with Crippen LogP contribution in [0, 0.1) is 5.92 Å². The SMILES string of the molecule is OC(CSc1ccc(Br)cc1)C1CCOCC1. The molecule has 1 aromatic rings. The van der Waals surface area contributed by atoms with Crippen molar-refractivity contribution in [3.05, 3.63) is 28.7 Å². The van der Waals surface area contributed by atoms with E-state index in [1.807, 2.05) is 12.1 Å². The van der Waals surface area contributed by atoms with Gasteiger partial charge in [0.1, 0.15) is 0 Å². The van der Waals surface area contributed by atoms with E-state index in [1.165, 1.54) is 4.90 Å². The Balaban J connectivity index is 1.78. The monoisotopic (exact) mass is 316 g/mol. The number of rotatable bonds is 4. The second-order valence-corrected chi connectivity index (χ2v) is 6.29. The van der Waals surface area contributed by atoms with Crippen LogP contribution >= 0.6 is 27.7 Å². The molecular formula is C13H17BrO2S. The summed E-state index contributed by atoms with van der Waals surface area (Å²) in [5.41, 5.74) is 0. The molecule has 17 heavy (non-hydrogen) atoms. The third-order valence-electron chi connectivity index (χ3n) is 3.04. The number of thioether (sulfide) groups is 1. The number of halogens is 1. The van der Waals surface area contributed by atoms with E-state index in [1.54, 1.807) is 11.8 Å². The van der Waals surface area contributed by atoms with Gasteiger partial charge in [-0.05, 0) is 43.0 Å². The fraction of sp³-hybridized carbons (Fsp3) is 0.538. The highest BCUT2D eigenvalue weighted by atomic mass is 79.9. The van der Waals surface area contributed by atoms with Crippen LogP contribution < -0.4 is 0 Å². The molecule has 2 rings (SSSR count).